The fourth-order valence-electron chi connectivity index (χ4n) is 2.75. The van der Waals surface area contributed by atoms with Crippen molar-refractivity contribution in [3.8, 4) is 0 Å². The summed E-state index contributed by atoms with van der Waals surface area (Å²) in [5.74, 6) is 0.177. The first-order valence-electron chi connectivity index (χ1n) is 7.03. The van der Waals surface area contributed by atoms with Crippen LogP contribution in [0.2, 0.25) is 0 Å². The van der Waals surface area contributed by atoms with Crippen LogP contribution in [0.15, 0.2) is 12.4 Å². The molecule has 2 unspecified atom stereocenters. The van der Waals surface area contributed by atoms with Crippen molar-refractivity contribution < 1.29 is 9.90 Å². The summed E-state index contributed by atoms with van der Waals surface area (Å²) < 4.78 is 1.81. The zero-order valence-electron chi connectivity index (χ0n) is 11.7. The van der Waals surface area contributed by atoms with Crippen molar-refractivity contribution in [3.05, 3.63) is 18.0 Å². The smallest absolute Gasteiger partial charge is 0.224 e. The summed E-state index contributed by atoms with van der Waals surface area (Å²) in [4.78, 5) is 14.2. The van der Waals surface area contributed by atoms with E-state index in [9.17, 15) is 9.90 Å². The zero-order valence-corrected chi connectivity index (χ0v) is 11.7. The van der Waals surface area contributed by atoms with Crippen molar-refractivity contribution in [1.29, 1.82) is 0 Å². The van der Waals surface area contributed by atoms with Crippen LogP contribution in [-0.2, 0) is 11.3 Å². The number of carbonyl (C=O) groups is 1. The van der Waals surface area contributed by atoms with E-state index in [0.29, 0.717) is 19.4 Å². The number of aliphatic hydroxyl groups excluding tert-OH is 1. The third-order valence-corrected chi connectivity index (χ3v) is 3.63. The van der Waals surface area contributed by atoms with Crippen LogP contribution < -0.4 is 0 Å². The molecule has 0 radical (unpaired) electrons. The second-order valence-corrected chi connectivity index (χ2v) is 5.50. The predicted octanol–water partition coefficient (Wildman–Crippen LogP) is 1.34. The Kier molecular flexibility index (Phi) is 4.58. The number of aryl methyl sites for hydroxylation is 2. The van der Waals surface area contributed by atoms with Gasteiger partial charge in [0.25, 0.3) is 0 Å². The van der Waals surface area contributed by atoms with Crippen LogP contribution in [0, 0.1) is 6.92 Å². The van der Waals surface area contributed by atoms with Crippen LogP contribution in [0.1, 0.15) is 38.2 Å². The summed E-state index contributed by atoms with van der Waals surface area (Å²) in [6, 6.07) is 0.215. The minimum Gasteiger partial charge on any atom is -0.393 e. The Morgan fingerprint density at radius 3 is 3.05 bits per heavy atom. The Morgan fingerprint density at radius 2 is 2.42 bits per heavy atom. The van der Waals surface area contributed by atoms with Gasteiger partial charge in [-0.05, 0) is 38.7 Å². The number of carbonyl (C=O) groups excluding carboxylic acids is 1. The van der Waals surface area contributed by atoms with Crippen LogP contribution in [-0.4, -0.2) is 44.4 Å². The molecule has 1 aromatic rings. The molecule has 106 valence electrons. The molecule has 19 heavy (non-hydrogen) atoms. The van der Waals surface area contributed by atoms with Crippen LogP contribution in [0.3, 0.4) is 0 Å². The fraction of sp³-hybridized carbons (Fsp3) is 0.714. The molecule has 0 aliphatic carbocycles. The van der Waals surface area contributed by atoms with E-state index in [2.05, 4.69) is 5.10 Å². The molecule has 1 saturated heterocycles. The van der Waals surface area contributed by atoms with Crippen LogP contribution in [0.5, 0.6) is 0 Å². The maximum Gasteiger partial charge on any atom is 0.224 e. The Morgan fingerprint density at radius 1 is 1.63 bits per heavy atom. The highest BCUT2D eigenvalue weighted by Gasteiger charge is 2.29. The van der Waals surface area contributed by atoms with Crippen molar-refractivity contribution in [2.45, 2.75) is 58.2 Å². The lowest BCUT2D eigenvalue weighted by Gasteiger charge is -2.25. The molecule has 1 fully saturated rings. The Balaban J connectivity index is 1.85. The number of likely N-dealkylation sites (tertiary alicyclic amines) is 1. The molecule has 0 spiro atoms. The van der Waals surface area contributed by atoms with Gasteiger partial charge in [0.05, 0.1) is 12.3 Å². The van der Waals surface area contributed by atoms with Crippen molar-refractivity contribution in [3.63, 3.8) is 0 Å². The topological polar surface area (TPSA) is 58.4 Å². The number of aromatic nitrogens is 2. The van der Waals surface area contributed by atoms with Crippen molar-refractivity contribution in [1.82, 2.24) is 14.7 Å². The van der Waals surface area contributed by atoms with Gasteiger partial charge < -0.3 is 10.0 Å². The molecule has 2 heterocycles. The van der Waals surface area contributed by atoms with Gasteiger partial charge in [0.1, 0.15) is 0 Å². The quantitative estimate of drug-likeness (QED) is 0.874. The van der Waals surface area contributed by atoms with Gasteiger partial charge in [-0.3, -0.25) is 9.48 Å². The average Bonchev–Trinajstić information content (AvgIpc) is 2.94. The fourth-order valence-corrected chi connectivity index (χ4v) is 2.75. The van der Waals surface area contributed by atoms with E-state index in [1.54, 1.807) is 13.1 Å². The highest BCUT2D eigenvalue weighted by atomic mass is 16.3. The molecule has 0 saturated carbocycles. The molecule has 1 N–H and O–H groups in total. The van der Waals surface area contributed by atoms with E-state index in [4.69, 9.17) is 0 Å². The molecular weight excluding hydrogens is 242 g/mol. The third-order valence-electron chi connectivity index (χ3n) is 3.63. The third kappa shape index (κ3) is 3.80. The number of nitrogens with zero attached hydrogens (tertiary/aromatic N) is 3. The Labute approximate surface area is 114 Å². The van der Waals surface area contributed by atoms with E-state index in [1.165, 1.54) is 0 Å². The van der Waals surface area contributed by atoms with Gasteiger partial charge in [-0.15, -0.1) is 0 Å². The first kappa shape index (κ1) is 14.1. The van der Waals surface area contributed by atoms with Gasteiger partial charge in [-0.2, -0.15) is 5.10 Å². The van der Waals surface area contributed by atoms with Crippen LogP contribution >= 0.6 is 0 Å². The number of rotatable bonds is 5. The molecule has 1 aromatic heterocycles. The summed E-state index contributed by atoms with van der Waals surface area (Å²) >= 11 is 0. The van der Waals surface area contributed by atoms with Gasteiger partial charge in [0, 0.05) is 31.7 Å². The van der Waals surface area contributed by atoms with Crippen molar-refractivity contribution in [2.24, 2.45) is 0 Å². The van der Waals surface area contributed by atoms with Crippen molar-refractivity contribution in [2.75, 3.05) is 6.54 Å². The van der Waals surface area contributed by atoms with Gasteiger partial charge in [-0.25, -0.2) is 0 Å². The van der Waals surface area contributed by atoms with E-state index >= 15 is 0 Å². The standard InChI is InChI=1S/C14H23N3O2/c1-11-9-15-16(10-11)7-5-14(19)17-6-3-4-13(17)8-12(2)18/h9-10,12-13,18H,3-8H2,1-2H3. The summed E-state index contributed by atoms with van der Waals surface area (Å²) in [6.45, 7) is 5.23. The van der Waals surface area contributed by atoms with Gasteiger partial charge >= 0.3 is 0 Å². The highest BCUT2D eigenvalue weighted by molar-refractivity contribution is 5.76. The SMILES string of the molecule is Cc1cnn(CCC(=O)N2CCCC2CC(C)O)c1. The van der Waals surface area contributed by atoms with E-state index in [-0.39, 0.29) is 18.1 Å². The summed E-state index contributed by atoms with van der Waals surface area (Å²) in [6.07, 6.45) is 6.64. The van der Waals surface area contributed by atoms with Gasteiger partial charge in [0.2, 0.25) is 5.91 Å². The normalized spacial score (nSPS) is 20.8. The number of hydrogen-bond acceptors (Lipinski definition) is 3. The summed E-state index contributed by atoms with van der Waals surface area (Å²) in [7, 11) is 0. The number of amides is 1. The minimum absolute atomic E-state index is 0.177. The highest BCUT2D eigenvalue weighted by Crippen LogP contribution is 2.22. The first-order chi connectivity index (χ1) is 9.06. The molecule has 1 aliphatic rings. The van der Waals surface area contributed by atoms with Crippen LogP contribution in [0.25, 0.3) is 0 Å². The maximum atomic E-state index is 12.2. The molecular formula is C14H23N3O2. The van der Waals surface area contributed by atoms with Crippen LogP contribution in [0.4, 0.5) is 0 Å². The average molecular weight is 265 g/mol. The van der Waals surface area contributed by atoms with E-state index in [1.807, 2.05) is 22.7 Å². The minimum atomic E-state index is -0.341. The number of hydrogen-bond donors (Lipinski definition) is 1. The second kappa shape index (κ2) is 6.19. The Bertz CT molecular complexity index is 428. The van der Waals surface area contributed by atoms with Gasteiger partial charge in [-0.1, -0.05) is 0 Å². The molecule has 1 amide bonds. The summed E-state index contributed by atoms with van der Waals surface area (Å²) in [5, 5.41) is 13.7. The predicted molar refractivity (Wildman–Crippen MR) is 72.6 cm³/mol. The molecule has 5 heteroatoms. The van der Waals surface area contributed by atoms with Gasteiger partial charge in [0.15, 0.2) is 0 Å². The molecule has 2 rings (SSSR count). The molecule has 2 atom stereocenters. The maximum absolute atomic E-state index is 12.2. The second-order valence-electron chi connectivity index (χ2n) is 5.50. The molecule has 5 nitrogen and oxygen atoms in total. The molecule has 0 bridgehead atoms. The van der Waals surface area contributed by atoms with E-state index in [0.717, 1.165) is 24.9 Å². The largest absolute Gasteiger partial charge is 0.393 e. The van der Waals surface area contributed by atoms with Crippen molar-refractivity contribution >= 4 is 5.91 Å². The summed E-state index contributed by atoms with van der Waals surface area (Å²) in [5.41, 5.74) is 1.11. The zero-order chi connectivity index (χ0) is 13.8. The monoisotopic (exact) mass is 265 g/mol. The van der Waals surface area contributed by atoms with E-state index < -0.39 is 0 Å². The lowest BCUT2D eigenvalue weighted by atomic mass is 10.1. The first-order valence-corrected chi connectivity index (χ1v) is 7.03. The molecule has 1 aliphatic heterocycles. The lowest BCUT2D eigenvalue weighted by molar-refractivity contribution is -0.132. The molecule has 0 aromatic carbocycles. The number of aliphatic hydroxyl groups is 1. The Hall–Kier alpha value is -1.36. The lowest BCUT2D eigenvalue weighted by Crippen LogP contribution is -2.37.